The van der Waals surface area contributed by atoms with Crippen molar-refractivity contribution >= 4 is 0 Å². The second-order valence-corrected chi connectivity index (χ2v) is 4.14. The number of rotatable bonds is 6. The van der Waals surface area contributed by atoms with Crippen LogP contribution in [-0.4, -0.2) is 31.0 Å². The molecule has 102 valence electrons. The third-order valence-electron chi connectivity index (χ3n) is 2.67. The van der Waals surface area contributed by atoms with Gasteiger partial charge in [0.1, 0.15) is 11.8 Å². The smallest absolute Gasteiger partial charge is 0.245 e. The maximum Gasteiger partial charge on any atom is 0.245 e. The number of hydrogen-bond donors (Lipinski definition) is 1. The van der Waals surface area contributed by atoms with Crippen LogP contribution >= 0.6 is 0 Å². The Morgan fingerprint density at radius 1 is 1.26 bits per heavy atom. The Balaban J connectivity index is 2.02. The molecule has 2 aromatic rings. The van der Waals surface area contributed by atoms with Crippen molar-refractivity contribution in [3.63, 3.8) is 0 Å². The van der Waals surface area contributed by atoms with Gasteiger partial charge in [0.05, 0.1) is 13.7 Å². The fraction of sp³-hybridized carbons (Fsp3) is 0.385. The summed E-state index contributed by atoms with van der Waals surface area (Å²) in [6.07, 6.45) is 0.590. The summed E-state index contributed by atoms with van der Waals surface area (Å²) in [5, 5.41) is 3.90. The Labute approximate surface area is 111 Å². The molecule has 0 saturated carbocycles. The van der Waals surface area contributed by atoms with Crippen LogP contribution < -0.4 is 10.5 Å². The minimum absolute atomic E-state index is 0.351. The maximum atomic E-state index is 5.81. The lowest BCUT2D eigenvalue weighted by Gasteiger charge is -2.03. The summed E-state index contributed by atoms with van der Waals surface area (Å²) in [7, 11) is 3.21. The van der Waals surface area contributed by atoms with Crippen LogP contribution in [0.2, 0.25) is 0 Å². The average molecular weight is 263 g/mol. The van der Waals surface area contributed by atoms with Gasteiger partial charge in [0.25, 0.3) is 0 Å². The zero-order valence-corrected chi connectivity index (χ0v) is 11.0. The van der Waals surface area contributed by atoms with E-state index in [1.54, 1.807) is 14.2 Å². The van der Waals surface area contributed by atoms with Crippen LogP contribution in [0.3, 0.4) is 0 Å². The first-order valence-corrected chi connectivity index (χ1v) is 5.93. The first kappa shape index (κ1) is 13.5. The molecule has 0 spiro atoms. The molecule has 1 unspecified atom stereocenters. The van der Waals surface area contributed by atoms with Crippen molar-refractivity contribution in [2.24, 2.45) is 5.73 Å². The van der Waals surface area contributed by atoms with Crippen LogP contribution in [0.25, 0.3) is 0 Å². The molecule has 0 amide bonds. The van der Waals surface area contributed by atoms with Gasteiger partial charge >= 0.3 is 0 Å². The third kappa shape index (κ3) is 3.52. The molecule has 1 atom stereocenters. The van der Waals surface area contributed by atoms with Gasteiger partial charge in [-0.2, -0.15) is 4.98 Å². The van der Waals surface area contributed by atoms with E-state index in [1.165, 1.54) is 0 Å². The highest BCUT2D eigenvalue weighted by atomic mass is 16.5. The van der Waals surface area contributed by atoms with Crippen LogP contribution in [0.15, 0.2) is 28.8 Å². The minimum atomic E-state index is -0.387. The topological polar surface area (TPSA) is 83.4 Å². The Hall–Kier alpha value is -1.92. The van der Waals surface area contributed by atoms with Gasteiger partial charge in [0, 0.05) is 13.5 Å². The molecular formula is C13H17N3O3. The third-order valence-corrected chi connectivity index (χ3v) is 2.67. The summed E-state index contributed by atoms with van der Waals surface area (Å²) in [5.41, 5.74) is 6.89. The molecule has 1 aromatic carbocycles. The molecule has 2 rings (SSSR count). The fourth-order valence-electron chi connectivity index (χ4n) is 1.67. The van der Waals surface area contributed by atoms with E-state index in [0.717, 1.165) is 11.3 Å². The Bertz CT molecular complexity index is 510. The largest absolute Gasteiger partial charge is 0.497 e. The van der Waals surface area contributed by atoms with E-state index in [9.17, 15) is 0 Å². The van der Waals surface area contributed by atoms with Crippen LogP contribution in [0.5, 0.6) is 5.75 Å². The first-order valence-electron chi connectivity index (χ1n) is 5.93. The lowest BCUT2D eigenvalue weighted by Crippen LogP contribution is -2.16. The number of methoxy groups -OCH3 is 2. The second kappa shape index (κ2) is 6.31. The molecule has 0 aliphatic rings. The Kier molecular flexibility index (Phi) is 4.48. The van der Waals surface area contributed by atoms with E-state index in [0.29, 0.717) is 24.7 Å². The standard InChI is InChI=1S/C13H17N3O3/c1-17-8-11(14)13-15-12(16-19-13)7-9-3-5-10(18-2)6-4-9/h3-6,11H,7-8,14H2,1-2H3. The van der Waals surface area contributed by atoms with Gasteiger partial charge in [-0.3, -0.25) is 0 Å². The highest BCUT2D eigenvalue weighted by Crippen LogP contribution is 2.15. The van der Waals surface area contributed by atoms with Crippen LogP contribution in [-0.2, 0) is 11.2 Å². The van der Waals surface area contributed by atoms with Crippen molar-refractivity contribution in [3.8, 4) is 5.75 Å². The summed E-state index contributed by atoms with van der Waals surface area (Å²) in [5.74, 6) is 1.82. The van der Waals surface area contributed by atoms with Crippen molar-refractivity contribution in [1.29, 1.82) is 0 Å². The summed E-state index contributed by atoms with van der Waals surface area (Å²) in [4.78, 5) is 4.25. The molecule has 6 heteroatoms. The normalized spacial score (nSPS) is 12.4. The summed E-state index contributed by atoms with van der Waals surface area (Å²) in [6.45, 7) is 0.351. The zero-order chi connectivity index (χ0) is 13.7. The van der Waals surface area contributed by atoms with Crippen molar-refractivity contribution in [2.45, 2.75) is 12.5 Å². The van der Waals surface area contributed by atoms with E-state index in [2.05, 4.69) is 10.1 Å². The highest BCUT2D eigenvalue weighted by Gasteiger charge is 2.14. The van der Waals surface area contributed by atoms with Crippen molar-refractivity contribution in [2.75, 3.05) is 20.8 Å². The molecule has 0 radical (unpaired) electrons. The number of aromatic nitrogens is 2. The van der Waals surface area contributed by atoms with Crippen molar-refractivity contribution < 1.29 is 14.0 Å². The predicted octanol–water partition coefficient (Wildman–Crippen LogP) is 1.32. The molecule has 2 N–H and O–H groups in total. The van der Waals surface area contributed by atoms with Crippen LogP contribution in [0.1, 0.15) is 23.3 Å². The minimum Gasteiger partial charge on any atom is -0.497 e. The quantitative estimate of drug-likeness (QED) is 0.846. The Morgan fingerprint density at radius 2 is 2.00 bits per heavy atom. The zero-order valence-electron chi connectivity index (χ0n) is 11.0. The van der Waals surface area contributed by atoms with E-state index >= 15 is 0 Å². The molecule has 0 bridgehead atoms. The van der Waals surface area contributed by atoms with Gasteiger partial charge in [-0.15, -0.1) is 0 Å². The SMILES string of the molecule is COCC(N)c1nc(Cc2ccc(OC)cc2)no1. The molecule has 19 heavy (non-hydrogen) atoms. The summed E-state index contributed by atoms with van der Waals surface area (Å²) < 4.78 is 15.2. The second-order valence-electron chi connectivity index (χ2n) is 4.14. The number of hydrogen-bond acceptors (Lipinski definition) is 6. The molecular weight excluding hydrogens is 246 g/mol. The van der Waals surface area contributed by atoms with Crippen molar-refractivity contribution in [3.05, 3.63) is 41.5 Å². The Morgan fingerprint density at radius 3 is 2.63 bits per heavy atom. The van der Waals surface area contributed by atoms with E-state index in [1.807, 2.05) is 24.3 Å². The average Bonchev–Trinajstić information content (AvgIpc) is 2.88. The van der Waals surface area contributed by atoms with Crippen LogP contribution in [0.4, 0.5) is 0 Å². The van der Waals surface area contributed by atoms with Gasteiger partial charge in [0.2, 0.25) is 5.89 Å². The lowest BCUT2D eigenvalue weighted by molar-refractivity contribution is 0.166. The van der Waals surface area contributed by atoms with Gasteiger partial charge in [-0.05, 0) is 17.7 Å². The predicted molar refractivity (Wildman–Crippen MR) is 68.9 cm³/mol. The number of ether oxygens (including phenoxy) is 2. The molecule has 0 saturated heterocycles. The summed E-state index contributed by atoms with van der Waals surface area (Å²) in [6, 6.07) is 7.33. The molecule has 0 fully saturated rings. The van der Waals surface area contributed by atoms with Gasteiger partial charge in [-0.1, -0.05) is 17.3 Å². The summed E-state index contributed by atoms with van der Waals surface area (Å²) >= 11 is 0. The first-order chi connectivity index (χ1) is 9.22. The number of nitrogens with zero attached hydrogens (tertiary/aromatic N) is 2. The fourth-order valence-corrected chi connectivity index (χ4v) is 1.67. The highest BCUT2D eigenvalue weighted by molar-refractivity contribution is 5.28. The number of benzene rings is 1. The van der Waals surface area contributed by atoms with E-state index in [-0.39, 0.29) is 6.04 Å². The van der Waals surface area contributed by atoms with Gasteiger partial charge in [0.15, 0.2) is 5.82 Å². The molecule has 6 nitrogen and oxygen atoms in total. The maximum absolute atomic E-state index is 5.81. The van der Waals surface area contributed by atoms with Gasteiger partial charge < -0.3 is 19.7 Å². The van der Waals surface area contributed by atoms with Gasteiger partial charge in [-0.25, -0.2) is 0 Å². The van der Waals surface area contributed by atoms with E-state index < -0.39 is 0 Å². The van der Waals surface area contributed by atoms with Crippen molar-refractivity contribution in [1.82, 2.24) is 10.1 Å². The van der Waals surface area contributed by atoms with E-state index in [4.69, 9.17) is 19.7 Å². The lowest BCUT2D eigenvalue weighted by atomic mass is 10.1. The molecule has 0 aliphatic heterocycles. The monoisotopic (exact) mass is 263 g/mol. The number of nitrogens with two attached hydrogens (primary N) is 1. The molecule has 0 aliphatic carbocycles. The van der Waals surface area contributed by atoms with Crippen LogP contribution in [0, 0.1) is 0 Å². The molecule has 1 heterocycles. The molecule has 1 aromatic heterocycles.